The molecule has 0 bridgehead atoms. The fourth-order valence-corrected chi connectivity index (χ4v) is 2.12. The Bertz CT molecular complexity index is 332. The van der Waals surface area contributed by atoms with Crippen LogP contribution in [0.2, 0.25) is 0 Å². The number of amides is 1. The van der Waals surface area contributed by atoms with Gasteiger partial charge in [-0.3, -0.25) is 9.59 Å². The summed E-state index contributed by atoms with van der Waals surface area (Å²) in [4.78, 5) is 23.7. The summed E-state index contributed by atoms with van der Waals surface area (Å²) < 4.78 is 11.5. The molecule has 0 radical (unpaired) electrons. The maximum atomic E-state index is 11.7. The van der Waals surface area contributed by atoms with Crippen LogP contribution in [0.1, 0.15) is 20.3 Å². The third-order valence-electron chi connectivity index (χ3n) is 2.38. The molecule has 5 nitrogen and oxygen atoms in total. The second kappa shape index (κ2) is 5.00. The van der Waals surface area contributed by atoms with E-state index in [1.165, 1.54) is 4.90 Å². The molecule has 0 saturated carbocycles. The Morgan fingerprint density at radius 2 is 1.75 bits per heavy atom. The highest BCUT2D eigenvalue weighted by Crippen LogP contribution is 2.36. The molecule has 0 aromatic heterocycles. The van der Waals surface area contributed by atoms with Crippen molar-refractivity contribution in [3.8, 4) is 0 Å². The van der Waals surface area contributed by atoms with E-state index in [-0.39, 0.29) is 18.5 Å². The number of carboxylic acids is 1. The van der Waals surface area contributed by atoms with Gasteiger partial charge in [0, 0.05) is 12.6 Å². The van der Waals surface area contributed by atoms with E-state index in [0.29, 0.717) is 0 Å². The zero-order valence-corrected chi connectivity index (χ0v) is 11.4. The van der Waals surface area contributed by atoms with Crippen molar-refractivity contribution in [2.24, 2.45) is 0 Å². The molecule has 0 heterocycles. The molecule has 0 atom stereocenters. The van der Waals surface area contributed by atoms with Crippen LogP contribution in [0, 0.1) is 0 Å². The molecule has 0 aliphatic rings. The highest BCUT2D eigenvalue weighted by molar-refractivity contribution is 7.63. The van der Waals surface area contributed by atoms with Gasteiger partial charge in [-0.25, -0.2) is 0 Å². The van der Waals surface area contributed by atoms with E-state index in [1.807, 2.05) is 0 Å². The molecule has 0 aromatic carbocycles. The number of rotatable bonds is 5. The molecule has 0 aromatic rings. The van der Waals surface area contributed by atoms with E-state index >= 15 is 0 Å². The highest BCUT2D eigenvalue weighted by atomic mass is 31.2. The summed E-state index contributed by atoms with van der Waals surface area (Å²) in [5.41, 5.74) is -0.766. The summed E-state index contributed by atoms with van der Waals surface area (Å²) in [6, 6.07) is 0. The standard InChI is InChI=1S/C10H20NO4P/c1-10(2,6-9(13)14)11(3)8(12)7-16(4,5)15/h6-7H2,1-5H3,(H,13,14). The van der Waals surface area contributed by atoms with Crippen molar-refractivity contribution in [3.05, 3.63) is 0 Å². The lowest BCUT2D eigenvalue weighted by atomic mass is 9.99. The average molecular weight is 249 g/mol. The quantitative estimate of drug-likeness (QED) is 0.746. The monoisotopic (exact) mass is 249 g/mol. The fourth-order valence-electron chi connectivity index (χ4n) is 1.26. The van der Waals surface area contributed by atoms with Gasteiger partial charge in [0.05, 0.1) is 19.7 Å². The minimum Gasteiger partial charge on any atom is -0.481 e. The third kappa shape index (κ3) is 5.31. The molecule has 0 spiro atoms. The second-order valence-electron chi connectivity index (χ2n) is 5.07. The van der Waals surface area contributed by atoms with Crippen molar-refractivity contribution in [2.45, 2.75) is 25.8 Å². The molecule has 0 unspecified atom stereocenters. The van der Waals surface area contributed by atoms with Gasteiger partial charge >= 0.3 is 5.97 Å². The summed E-state index contributed by atoms with van der Waals surface area (Å²) in [5, 5.41) is 8.72. The molecule has 0 rings (SSSR count). The number of carbonyl (C=O) groups excluding carboxylic acids is 1. The van der Waals surface area contributed by atoms with Crippen LogP contribution >= 0.6 is 7.14 Å². The first-order valence-electron chi connectivity index (χ1n) is 4.98. The summed E-state index contributed by atoms with van der Waals surface area (Å²) >= 11 is 0. The summed E-state index contributed by atoms with van der Waals surface area (Å²) in [7, 11) is -0.876. The minimum atomic E-state index is -2.42. The lowest BCUT2D eigenvalue weighted by Crippen LogP contribution is -2.47. The first-order valence-corrected chi connectivity index (χ1v) is 7.77. The Hall–Kier alpha value is -0.830. The Kier molecular flexibility index (Phi) is 4.74. The number of carboxylic acid groups (broad SMARTS) is 1. The molecule has 6 heteroatoms. The topological polar surface area (TPSA) is 74.7 Å². The third-order valence-corrected chi connectivity index (χ3v) is 3.41. The van der Waals surface area contributed by atoms with E-state index in [4.69, 9.17) is 5.11 Å². The van der Waals surface area contributed by atoms with Gasteiger partial charge in [-0.2, -0.15) is 0 Å². The van der Waals surface area contributed by atoms with Gasteiger partial charge in [-0.15, -0.1) is 0 Å². The van der Waals surface area contributed by atoms with Gasteiger partial charge < -0.3 is 14.6 Å². The molecule has 94 valence electrons. The van der Waals surface area contributed by atoms with Gasteiger partial charge in [0.15, 0.2) is 0 Å². The number of hydrogen-bond donors (Lipinski definition) is 1. The Balaban J connectivity index is 4.66. The predicted octanol–water partition coefficient (Wildman–Crippen LogP) is 1.32. The zero-order chi connectivity index (χ0) is 13.1. The van der Waals surface area contributed by atoms with Crippen LogP contribution < -0.4 is 0 Å². The molecule has 0 saturated heterocycles. The molecule has 16 heavy (non-hydrogen) atoms. The first kappa shape index (κ1) is 15.2. The largest absolute Gasteiger partial charge is 0.481 e. The van der Waals surface area contributed by atoms with Crippen LogP contribution in [0.5, 0.6) is 0 Å². The maximum absolute atomic E-state index is 11.7. The number of nitrogens with zero attached hydrogens (tertiary/aromatic N) is 1. The van der Waals surface area contributed by atoms with Crippen molar-refractivity contribution in [3.63, 3.8) is 0 Å². The van der Waals surface area contributed by atoms with Crippen molar-refractivity contribution < 1.29 is 19.3 Å². The summed E-state index contributed by atoms with van der Waals surface area (Å²) in [6.45, 7) is 6.44. The Morgan fingerprint density at radius 1 is 1.31 bits per heavy atom. The van der Waals surface area contributed by atoms with Gasteiger partial charge in [-0.1, -0.05) is 0 Å². The minimum absolute atomic E-state index is 0.0213. The maximum Gasteiger partial charge on any atom is 0.305 e. The van der Waals surface area contributed by atoms with Crippen LogP contribution in [0.15, 0.2) is 0 Å². The predicted molar refractivity (Wildman–Crippen MR) is 63.4 cm³/mol. The molecular weight excluding hydrogens is 229 g/mol. The SMILES string of the molecule is CN(C(=O)CP(C)(C)=O)C(C)(C)CC(=O)O. The van der Waals surface area contributed by atoms with Crippen LogP contribution in [-0.4, -0.2) is 54.0 Å². The van der Waals surface area contributed by atoms with Crippen molar-refractivity contribution in [2.75, 3.05) is 26.5 Å². The van der Waals surface area contributed by atoms with E-state index in [2.05, 4.69) is 0 Å². The lowest BCUT2D eigenvalue weighted by Gasteiger charge is -2.34. The summed E-state index contributed by atoms with van der Waals surface area (Å²) in [5.74, 6) is -1.24. The van der Waals surface area contributed by atoms with Gasteiger partial charge in [0.2, 0.25) is 5.91 Å². The van der Waals surface area contributed by atoms with Crippen molar-refractivity contribution in [1.82, 2.24) is 4.90 Å². The second-order valence-corrected chi connectivity index (χ2v) is 8.53. The molecule has 0 aliphatic heterocycles. The number of carbonyl (C=O) groups is 2. The zero-order valence-electron chi connectivity index (χ0n) is 10.5. The van der Waals surface area contributed by atoms with Crippen molar-refractivity contribution in [1.29, 1.82) is 0 Å². The Morgan fingerprint density at radius 3 is 2.06 bits per heavy atom. The van der Waals surface area contributed by atoms with Gasteiger partial charge in [-0.05, 0) is 27.2 Å². The van der Waals surface area contributed by atoms with Crippen LogP contribution in [0.25, 0.3) is 0 Å². The number of aliphatic carboxylic acids is 1. The van der Waals surface area contributed by atoms with Crippen LogP contribution in [0.4, 0.5) is 0 Å². The molecule has 1 amide bonds. The van der Waals surface area contributed by atoms with Crippen LogP contribution in [-0.2, 0) is 14.2 Å². The molecule has 0 aliphatic carbocycles. The average Bonchev–Trinajstić information content (AvgIpc) is 1.96. The molecule has 0 fully saturated rings. The van der Waals surface area contributed by atoms with E-state index in [1.54, 1.807) is 34.2 Å². The smallest absolute Gasteiger partial charge is 0.305 e. The lowest BCUT2D eigenvalue weighted by molar-refractivity contribution is -0.142. The van der Waals surface area contributed by atoms with E-state index < -0.39 is 18.7 Å². The van der Waals surface area contributed by atoms with Gasteiger partial charge in [0.25, 0.3) is 0 Å². The first-order chi connectivity index (χ1) is 6.96. The van der Waals surface area contributed by atoms with Crippen molar-refractivity contribution >= 4 is 19.0 Å². The van der Waals surface area contributed by atoms with E-state index in [0.717, 1.165) is 0 Å². The van der Waals surface area contributed by atoms with Crippen LogP contribution in [0.3, 0.4) is 0 Å². The molecule has 1 N–H and O–H groups in total. The Labute approximate surface area is 96.2 Å². The number of hydrogen-bond acceptors (Lipinski definition) is 3. The summed E-state index contributed by atoms with van der Waals surface area (Å²) in [6.07, 6.45) is -0.153. The van der Waals surface area contributed by atoms with Gasteiger partial charge in [0.1, 0.15) is 0 Å². The van der Waals surface area contributed by atoms with E-state index in [9.17, 15) is 14.2 Å². The fraction of sp³-hybridized carbons (Fsp3) is 0.800. The normalized spacial score (nSPS) is 12.3. The molecular formula is C10H20NO4P. The highest BCUT2D eigenvalue weighted by Gasteiger charge is 2.31.